The largest absolute Gasteiger partial charge is 0.444 e. The van der Waals surface area contributed by atoms with E-state index in [0.717, 1.165) is 19.6 Å². The Morgan fingerprint density at radius 2 is 2.13 bits per heavy atom. The summed E-state index contributed by atoms with van der Waals surface area (Å²) in [5.74, 6) is 1.57. The summed E-state index contributed by atoms with van der Waals surface area (Å²) < 4.78 is 10.8. The first kappa shape index (κ1) is 18.4. The predicted molar refractivity (Wildman–Crippen MR) is 90.4 cm³/mol. The van der Waals surface area contributed by atoms with E-state index in [2.05, 4.69) is 0 Å². The maximum Gasteiger partial charge on any atom is 0.411 e. The van der Waals surface area contributed by atoms with Crippen LogP contribution >= 0.6 is 11.8 Å². The second kappa shape index (κ2) is 7.75. The van der Waals surface area contributed by atoms with Gasteiger partial charge in [0.1, 0.15) is 11.6 Å². The van der Waals surface area contributed by atoms with Crippen LogP contribution in [0.5, 0.6) is 0 Å². The van der Waals surface area contributed by atoms with Crippen LogP contribution in [0.25, 0.3) is 0 Å². The summed E-state index contributed by atoms with van der Waals surface area (Å²) in [6.07, 6.45) is 0.597. The van der Waals surface area contributed by atoms with Gasteiger partial charge in [0, 0.05) is 31.4 Å². The van der Waals surface area contributed by atoms with Crippen LogP contribution < -0.4 is 0 Å². The average Bonchev–Trinajstić information content (AvgIpc) is 3.13. The third-order valence-electron chi connectivity index (χ3n) is 3.99. The number of hydrogen-bond acceptors (Lipinski definition) is 5. The van der Waals surface area contributed by atoms with Gasteiger partial charge in [0.25, 0.3) is 0 Å². The zero-order valence-electron chi connectivity index (χ0n) is 14.5. The Kier molecular flexibility index (Phi) is 6.19. The fraction of sp³-hybridized carbons (Fsp3) is 0.875. The summed E-state index contributed by atoms with van der Waals surface area (Å²) in [5.41, 5.74) is -0.552. The number of thioether (sulfide) groups is 1. The normalized spacial score (nSPS) is 24.8. The number of nitrogens with zero attached hydrogens (tertiary/aromatic N) is 2. The molecular weight excluding hydrogens is 316 g/mol. The molecule has 0 radical (unpaired) electrons. The molecule has 6 nitrogen and oxygen atoms in total. The van der Waals surface area contributed by atoms with Gasteiger partial charge < -0.3 is 14.4 Å². The highest BCUT2D eigenvalue weighted by Crippen LogP contribution is 2.25. The molecule has 0 bridgehead atoms. The lowest BCUT2D eigenvalue weighted by atomic mass is 10.1. The lowest BCUT2D eigenvalue weighted by Crippen LogP contribution is -2.51. The lowest BCUT2D eigenvalue weighted by Gasteiger charge is -2.31. The molecule has 2 fully saturated rings. The Bertz CT molecular complexity index is 432. The van der Waals surface area contributed by atoms with Gasteiger partial charge in [0.15, 0.2) is 0 Å². The highest BCUT2D eigenvalue weighted by molar-refractivity contribution is 7.99. The zero-order chi connectivity index (χ0) is 17.0. The molecule has 0 aromatic rings. The van der Waals surface area contributed by atoms with Crippen molar-refractivity contribution in [3.63, 3.8) is 0 Å². The number of hydrogen-bond donors (Lipinski definition) is 0. The Balaban J connectivity index is 1.99. The molecule has 2 atom stereocenters. The third-order valence-corrected chi connectivity index (χ3v) is 5.00. The molecule has 2 aliphatic rings. The van der Waals surface area contributed by atoms with E-state index in [9.17, 15) is 9.59 Å². The molecule has 0 aliphatic carbocycles. The average molecular weight is 344 g/mol. The van der Waals surface area contributed by atoms with Crippen molar-refractivity contribution < 1.29 is 19.1 Å². The molecule has 0 N–H and O–H groups in total. The molecule has 2 aliphatic heterocycles. The number of rotatable bonds is 4. The molecule has 2 amide bonds. The molecule has 0 aromatic carbocycles. The first-order valence-corrected chi connectivity index (χ1v) is 9.41. The van der Waals surface area contributed by atoms with Crippen molar-refractivity contribution >= 4 is 23.8 Å². The van der Waals surface area contributed by atoms with E-state index in [-0.39, 0.29) is 5.91 Å². The van der Waals surface area contributed by atoms with E-state index in [1.807, 2.05) is 32.6 Å². The molecule has 0 saturated carbocycles. The summed E-state index contributed by atoms with van der Waals surface area (Å²) in [6.45, 7) is 10.3. The number of carbonyl (C=O) groups is 2. The van der Waals surface area contributed by atoms with Crippen LogP contribution in [0.4, 0.5) is 4.79 Å². The Hall–Kier alpha value is -0.950. The van der Waals surface area contributed by atoms with Gasteiger partial charge in [-0.15, -0.1) is 11.8 Å². The van der Waals surface area contributed by atoms with E-state index < -0.39 is 17.7 Å². The van der Waals surface area contributed by atoms with Crippen LogP contribution in [0, 0.1) is 5.92 Å². The van der Waals surface area contributed by atoms with Crippen LogP contribution in [0.3, 0.4) is 0 Å². The van der Waals surface area contributed by atoms with Crippen LogP contribution in [0.15, 0.2) is 0 Å². The molecule has 2 rings (SSSR count). The molecule has 2 saturated heterocycles. The molecule has 0 aromatic heterocycles. The summed E-state index contributed by atoms with van der Waals surface area (Å²) in [4.78, 5) is 28.6. The molecule has 0 spiro atoms. The van der Waals surface area contributed by atoms with E-state index in [0.29, 0.717) is 30.6 Å². The van der Waals surface area contributed by atoms with E-state index >= 15 is 0 Å². The van der Waals surface area contributed by atoms with Gasteiger partial charge in [-0.3, -0.25) is 9.69 Å². The third kappa shape index (κ3) is 5.01. The summed E-state index contributed by atoms with van der Waals surface area (Å²) in [7, 11) is 0. The van der Waals surface area contributed by atoms with Crippen LogP contribution in [0.1, 0.15) is 34.1 Å². The molecule has 132 valence electrons. The highest BCUT2D eigenvalue weighted by atomic mass is 32.2. The van der Waals surface area contributed by atoms with Crippen molar-refractivity contribution in [3.05, 3.63) is 0 Å². The maximum absolute atomic E-state index is 12.9. The fourth-order valence-corrected chi connectivity index (χ4v) is 3.91. The van der Waals surface area contributed by atoms with Gasteiger partial charge in [-0.05, 0) is 34.1 Å². The molecule has 23 heavy (non-hydrogen) atoms. The molecule has 7 heteroatoms. The first-order chi connectivity index (χ1) is 10.8. The van der Waals surface area contributed by atoms with Crippen molar-refractivity contribution in [1.82, 2.24) is 9.80 Å². The monoisotopic (exact) mass is 344 g/mol. The number of carbonyl (C=O) groups excluding carboxylic acids is 2. The van der Waals surface area contributed by atoms with Crippen LogP contribution in [0.2, 0.25) is 0 Å². The van der Waals surface area contributed by atoms with Crippen LogP contribution in [-0.4, -0.2) is 71.4 Å². The van der Waals surface area contributed by atoms with Gasteiger partial charge in [-0.1, -0.05) is 0 Å². The lowest BCUT2D eigenvalue weighted by molar-refractivity contribution is -0.136. The zero-order valence-corrected chi connectivity index (χ0v) is 15.4. The van der Waals surface area contributed by atoms with Crippen molar-refractivity contribution in [2.24, 2.45) is 5.92 Å². The van der Waals surface area contributed by atoms with Gasteiger partial charge in [-0.25, -0.2) is 4.79 Å². The number of ether oxygens (including phenoxy) is 2. The van der Waals surface area contributed by atoms with E-state index in [1.165, 1.54) is 0 Å². The van der Waals surface area contributed by atoms with Crippen molar-refractivity contribution in [2.45, 2.75) is 45.8 Å². The van der Waals surface area contributed by atoms with E-state index in [4.69, 9.17) is 9.47 Å². The number of amides is 2. The smallest absolute Gasteiger partial charge is 0.411 e. The second-order valence-electron chi connectivity index (χ2n) is 7.07. The minimum absolute atomic E-state index is 0.0234. The molecule has 1 unspecified atom stereocenters. The predicted octanol–water partition coefficient (Wildman–Crippen LogP) is 2.18. The SMILES string of the molecule is CCN(CC1CCOC1)C(=O)[C@@H]1CSCN1C(=O)OC(C)(C)C. The van der Waals surface area contributed by atoms with Gasteiger partial charge >= 0.3 is 6.09 Å². The van der Waals surface area contributed by atoms with Gasteiger partial charge in [0.05, 0.1) is 12.5 Å². The van der Waals surface area contributed by atoms with Gasteiger partial charge in [0.2, 0.25) is 5.91 Å². The minimum Gasteiger partial charge on any atom is -0.444 e. The van der Waals surface area contributed by atoms with Crippen molar-refractivity contribution in [1.29, 1.82) is 0 Å². The number of likely N-dealkylation sites (N-methyl/N-ethyl adjacent to an activating group) is 1. The minimum atomic E-state index is -0.552. The Morgan fingerprint density at radius 1 is 1.39 bits per heavy atom. The summed E-state index contributed by atoms with van der Waals surface area (Å²) in [5, 5.41) is 0. The first-order valence-electron chi connectivity index (χ1n) is 8.25. The quantitative estimate of drug-likeness (QED) is 0.782. The topological polar surface area (TPSA) is 59.1 Å². The van der Waals surface area contributed by atoms with Crippen molar-refractivity contribution in [3.8, 4) is 0 Å². The fourth-order valence-electron chi connectivity index (χ4n) is 2.77. The summed E-state index contributed by atoms with van der Waals surface area (Å²) in [6, 6.07) is -0.419. The highest BCUT2D eigenvalue weighted by Gasteiger charge is 2.39. The van der Waals surface area contributed by atoms with Crippen LogP contribution in [-0.2, 0) is 14.3 Å². The molecular formula is C16H28N2O4S. The summed E-state index contributed by atoms with van der Waals surface area (Å²) >= 11 is 1.60. The standard InChI is InChI=1S/C16H28N2O4S/c1-5-17(8-12-6-7-21-9-12)14(19)13-10-23-11-18(13)15(20)22-16(2,3)4/h12-13H,5-11H2,1-4H3/t12?,13-/m0/s1. The van der Waals surface area contributed by atoms with Gasteiger partial charge in [-0.2, -0.15) is 0 Å². The van der Waals surface area contributed by atoms with Crippen molar-refractivity contribution in [2.75, 3.05) is 37.9 Å². The Morgan fingerprint density at radius 3 is 2.70 bits per heavy atom. The second-order valence-corrected chi connectivity index (χ2v) is 8.07. The molecule has 2 heterocycles. The Labute approximate surface area is 142 Å². The maximum atomic E-state index is 12.9. The van der Waals surface area contributed by atoms with E-state index in [1.54, 1.807) is 16.7 Å².